The number of ether oxygens (including phenoxy) is 2. The van der Waals surface area contributed by atoms with E-state index in [0.717, 1.165) is 12.1 Å². The second kappa shape index (κ2) is 7.65. The molecule has 28 heavy (non-hydrogen) atoms. The number of halogens is 3. The van der Waals surface area contributed by atoms with Gasteiger partial charge < -0.3 is 9.47 Å². The van der Waals surface area contributed by atoms with Crippen LogP contribution >= 0.6 is 0 Å². The molecule has 2 aromatic heterocycles. The fourth-order valence-electron chi connectivity index (χ4n) is 2.54. The van der Waals surface area contributed by atoms with Gasteiger partial charge in [0.1, 0.15) is 11.3 Å². The van der Waals surface area contributed by atoms with Crippen molar-refractivity contribution in [2.75, 3.05) is 6.61 Å². The monoisotopic (exact) mass is 397 g/mol. The van der Waals surface area contributed by atoms with Gasteiger partial charge in [0.05, 0.1) is 17.8 Å². The molecule has 0 amide bonds. The van der Waals surface area contributed by atoms with E-state index >= 15 is 0 Å². The molecular weight excluding hydrogens is 375 g/mol. The van der Waals surface area contributed by atoms with Crippen molar-refractivity contribution in [1.82, 2.24) is 14.8 Å². The minimum atomic E-state index is -4.71. The van der Waals surface area contributed by atoms with Gasteiger partial charge in [0, 0.05) is 11.8 Å². The van der Waals surface area contributed by atoms with Crippen molar-refractivity contribution >= 4 is 12.0 Å². The molecule has 2 rings (SSSR count). The van der Waals surface area contributed by atoms with E-state index in [-0.39, 0.29) is 29.4 Å². The topological polar surface area (TPSA) is 66.2 Å². The van der Waals surface area contributed by atoms with Gasteiger partial charge in [-0.2, -0.15) is 18.3 Å². The van der Waals surface area contributed by atoms with Crippen LogP contribution in [-0.2, 0) is 16.5 Å². The summed E-state index contributed by atoms with van der Waals surface area (Å²) in [4.78, 5) is 15.9. The summed E-state index contributed by atoms with van der Waals surface area (Å²) < 4.78 is 52.8. The van der Waals surface area contributed by atoms with E-state index < -0.39 is 29.0 Å². The lowest BCUT2D eigenvalue weighted by atomic mass is 10.1. The van der Waals surface area contributed by atoms with Crippen LogP contribution < -0.4 is 4.74 Å². The molecule has 0 saturated heterocycles. The Kier molecular flexibility index (Phi) is 5.86. The molecule has 0 aliphatic carbocycles. The molecule has 9 heteroatoms. The van der Waals surface area contributed by atoms with Crippen molar-refractivity contribution in [3.8, 4) is 11.6 Å². The second-order valence-electron chi connectivity index (χ2n) is 6.96. The summed E-state index contributed by atoms with van der Waals surface area (Å²) in [5, 5.41) is 4.23. The number of pyridine rings is 1. The van der Waals surface area contributed by atoms with Crippen LogP contribution in [0.25, 0.3) is 6.08 Å². The van der Waals surface area contributed by atoms with E-state index in [1.165, 1.54) is 10.9 Å². The van der Waals surface area contributed by atoms with Crippen molar-refractivity contribution in [3.05, 3.63) is 41.4 Å². The lowest BCUT2D eigenvalue weighted by Gasteiger charge is -2.23. The molecule has 2 heterocycles. The Bertz CT molecular complexity index is 896. The van der Waals surface area contributed by atoms with Crippen molar-refractivity contribution in [2.24, 2.45) is 0 Å². The van der Waals surface area contributed by atoms with E-state index in [0.29, 0.717) is 0 Å². The van der Waals surface area contributed by atoms with Gasteiger partial charge in [-0.1, -0.05) is 6.58 Å². The maximum atomic E-state index is 13.6. The highest BCUT2D eigenvalue weighted by molar-refractivity contribution is 5.89. The molecule has 6 nitrogen and oxygen atoms in total. The fraction of sp³-hybridized carbons (Fsp3) is 0.421. The van der Waals surface area contributed by atoms with Crippen molar-refractivity contribution < 1.29 is 27.4 Å². The first-order valence-electron chi connectivity index (χ1n) is 8.55. The Morgan fingerprint density at radius 3 is 2.46 bits per heavy atom. The molecule has 0 N–H and O–H groups in total. The number of carbonyl (C=O) groups is 1. The van der Waals surface area contributed by atoms with Crippen LogP contribution in [0.2, 0.25) is 0 Å². The average Bonchev–Trinajstić information content (AvgIpc) is 2.91. The highest BCUT2D eigenvalue weighted by Crippen LogP contribution is 2.41. The number of nitrogens with zero attached hydrogens (tertiary/aromatic N) is 3. The molecule has 0 atom stereocenters. The number of alkyl halides is 3. The first kappa shape index (κ1) is 21.5. The Balaban J connectivity index is 2.67. The smallest absolute Gasteiger partial charge is 0.422 e. The quantitative estimate of drug-likeness (QED) is 0.667. The van der Waals surface area contributed by atoms with Gasteiger partial charge in [-0.15, -0.1) is 0 Å². The number of rotatable bonds is 5. The Morgan fingerprint density at radius 1 is 1.32 bits per heavy atom. The third-order valence-electron chi connectivity index (χ3n) is 3.80. The summed E-state index contributed by atoms with van der Waals surface area (Å²) in [6.07, 6.45) is -2.51. The minimum absolute atomic E-state index is 0.0154. The zero-order valence-electron chi connectivity index (χ0n) is 16.3. The first-order chi connectivity index (χ1) is 12.9. The van der Waals surface area contributed by atoms with Gasteiger partial charge in [0.2, 0.25) is 5.88 Å². The molecule has 152 valence electrons. The molecule has 0 spiro atoms. The summed E-state index contributed by atoms with van der Waals surface area (Å²) in [5.74, 6) is -1.12. The Hall–Kier alpha value is -2.84. The summed E-state index contributed by atoms with van der Waals surface area (Å²) in [6, 6.07) is 1.11. The molecule has 0 fully saturated rings. The highest BCUT2D eigenvalue weighted by atomic mass is 19.4. The van der Waals surface area contributed by atoms with Crippen LogP contribution in [0.15, 0.2) is 18.8 Å². The second-order valence-corrected chi connectivity index (χ2v) is 6.96. The molecular formula is C19H22F3N3O3. The molecule has 0 unspecified atom stereocenters. The molecule has 0 aliphatic heterocycles. The number of hydrogen-bond donors (Lipinski definition) is 0. The van der Waals surface area contributed by atoms with Crippen molar-refractivity contribution in [3.63, 3.8) is 0 Å². The van der Waals surface area contributed by atoms with E-state index in [4.69, 9.17) is 9.47 Å². The highest BCUT2D eigenvalue weighted by Gasteiger charge is 2.38. The third kappa shape index (κ3) is 4.18. The minimum Gasteiger partial charge on any atom is -0.461 e. The zero-order chi connectivity index (χ0) is 21.3. The fourth-order valence-corrected chi connectivity index (χ4v) is 2.54. The lowest BCUT2D eigenvalue weighted by Crippen LogP contribution is -2.24. The van der Waals surface area contributed by atoms with Gasteiger partial charge in [0.15, 0.2) is 5.69 Å². The number of hydrogen-bond acceptors (Lipinski definition) is 5. The average molecular weight is 397 g/mol. The van der Waals surface area contributed by atoms with E-state index in [2.05, 4.69) is 16.7 Å². The maximum Gasteiger partial charge on any atom is 0.422 e. The number of aromatic nitrogens is 3. The Labute approximate surface area is 161 Å². The van der Waals surface area contributed by atoms with Gasteiger partial charge >= 0.3 is 12.1 Å². The summed E-state index contributed by atoms with van der Waals surface area (Å²) in [6.45, 7) is 12.1. The molecule has 0 aliphatic rings. The zero-order valence-corrected chi connectivity index (χ0v) is 16.3. The summed E-state index contributed by atoms with van der Waals surface area (Å²) in [7, 11) is 0. The molecule has 0 saturated carbocycles. The van der Waals surface area contributed by atoms with Crippen LogP contribution in [0, 0.1) is 6.92 Å². The Morgan fingerprint density at radius 2 is 1.96 bits per heavy atom. The predicted octanol–water partition coefficient (Wildman–Crippen LogP) is 4.97. The third-order valence-corrected chi connectivity index (χ3v) is 3.80. The molecule has 0 bridgehead atoms. The number of esters is 1. The summed E-state index contributed by atoms with van der Waals surface area (Å²) >= 11 is 0. The lowest BCUT2D eigenvalue weighted by molar-refractivity contribution is -0.139. The van der Waals surface area contributed by atoms with Gasteiger partial charge in [-0.05, 0) is 46.8 Å². The molecule has 2 aromatic rings. The van der Waals surface area contributed by atoms with Gasteiger partial charge in [0.25, 0.3) is 0 Å². The summed E-state index contributed by atoms with van der Waals surface area (Å²) in [5.41, 5.74) is -1.81. The maximum absolute atomic E-state index is 13.6. The van der Waals surface area contributed by atoms with Gasteiger partial charge in [-0.25, -0.2) is 9.48 Å². The first-order valence-corrected chi connectivity index (χ1v) is 8.55. The molecule has 0 aromatic carbocycles. The SMILES string of the molecule is C=Cc1nccc(Oc2c(C)c(C(=O)OCC)nn2C(C)(C)C)c1C(F)(F)F. The van der Waals surface area contributed by atoms with Crippen LogP contribution in [0.1, 0.15) is 55.0 Å². The van der Waals surface area contributed by atoms with Crippen LogP contribution in [-0.4, -0.2) is 27.3 Å². The van der Waals surface area contributed by atoms with Gasteiger partial charge in [-0.3, -0.25) is 4.98 Å². The number of carbonyl (C=O) groups excluding carboxylic acids is 1. The van der Waals surface area contributed by atoms with Crippen LogP contribution in [0.4, 0.5) is 13.2 Å². The largest absolute Gasteiger partial charge is 0.461 e. The van der Waals surface area contributed by atoms with E-state index in [1.54, 1.807) is 34.6 Å². The van der Waals surface area contributed by atoms with E-state index in [9.17, 15) is 18.0 Å². The van der Waals surface area contributed by atoms with Crippen molar-refractivity contribution in [1.29, 1.82) is 0 Å². The van der Waals surface area contributed by atoms with Crippen LogP contribution in [0.5, 0.6) is 11.6 Å². The predicted molar refractivity (Wildman–Crippen MR) is 97.3 cm³/mol. The molecule has 0 radical (unpaired) electrons. The normalized spacial score (nSPS) is 12.0. The van der Waals surface area contributed by atoms with Crippen molar-refractivity contribution in [2.45, 2.75) is 46.3 Å². The van der Waals surface area contributed by atoms with E-state index in [1.807, 2.05) is 0 Å². The van der Waals surface area contributed by atoms with Crippen LogP contribution in [0.3, 0.4) is 0 Å². The standard InChI is InChI=1S/C19H22F3N3O3/c1-7-12-14(19(20,21)22)13(9-10-23-12)28-16-11(3)15(17(26)27-8-2)24-25(16)18(4,5)6/h7,9-10H,1,8H2,2-6H3.